The van der Waals surface area contributed by atoms with Crippen molar-refractivity contribution in [2.24, 2.45) is 0 Å². The molecule has 1 aromatic rings. The van der Waals surface area contributed by atoms with Gasteiger partial charge in [0.05, 0.1) is 6.10 Å². The molecule has 1 fully saturated rings. The molecule has 1 atom stereocenters. The smallest absolute Gasteiger partial charge is 0.387 e. The number of hydrogen-bond donors (Lipinski definition) is 2. The molecule has 0 aliphatic carbocycles. The molecule has 1 heterocycles. The first-order chi connectivity index (χ1) is 9.71. The van der Waals surface area contributed by atoms with E-state index < -0.39 is 36.5 Å². The summed E-state index contributed by atoms with van der Waals surface area (Å²) in [5, 5.41) is 19.6. The number of piperidine rings is 1. The van der Waals surface area contributed by atoms with Crippen molar-refractivity contribution in [1.29, 1.82) is 0 Å². The van der Waals surface area contributed by atoms with E-state index >= 15 is 0 Å². The van der Waals surface area contributed by atoms with Gasteiger partial charge in [0, 0.05) is 19.6 Å². The van der Waals surface area contributed by atoms with Gasteiger partial charge in [0.25, 0.3) is 0 Å². The minimum absolute atomic E-state index is 0.0499. The first-order valence-corrected chi connectivity index (χ1v) is 6.66. The van der Waals surface area contributed by atoms with Crippen molar-refractivity contribution in [2.45, 2.75) is 30.7 Å². The van der Waals surface area contributed by atoms with Crippen LogP contribution in [-0.4, -0.2) is 46.5 Å². The largest absolute Gasteiger partial charge is 0.417 e. The third-order valence-electron chi connectivity index (χ3n) is 3.90. The van der Waals surface area contributed by atoms with Crippen molar-refractivity contribution in [1.82, 2.24) is 4.90 Å². The molecule has 1 aromatic carbocycles. The summed E-state index contributed by atoms with van der Waals surface area (Å²) in [6.07, 6.45) is -6.35. The topological polar surface area (TPSA) is 43.7 Å². The van der Waals surface area contributed by atoms with Gasteiger partial charge in [0.15, 0.2) is 5.60 Å². The molecule has 1 aliphatic heterocycles. The summed E-state index contributed by atoms with van der Waals surface area (Å²) in [5.74, 6) is -0.417. The summed E-state index contributed by atoms with van der Waals surface area (Å²) >= 11 is 0. The molecule has 1 aliphatic rings. The Labute approximate surface area is 119 Å². The lowest BCUT2D eigenvalue weighted by atomic mass is 9.90. The SMILES string of the molecule is OC(CN1CCC(O)(C(F)(F)F)CC1)c1ccc(F)cc1. The number of alkyl halides is 3. The maximum absolute atomic E-state index is 12.8. The molecule has 2 N–H and O–H groups in total. The predicted molar refractivity (Wildman–Crippen MR) is 68.0 cm³/mol. The fraction of sp³-hybridized carbons (Fsp3) is 0.571. The molecule has 118 valence electrons. The van der Waals surface area contributed by atoms with Crippen LogP contribution in [-0.2, 0) is 0 Å². The summed E-state index contributed by atoms with van der Waals surface area (Å²) in [4.78, 5) is 1.66. The number of nitrogens with zero attached hydrogens (tertiary/aromatic N) is 1. The molecule has 1 saturated heterocycles. The molecular weight excluding hydrogens is 290 g/mol. The Morgan fingerprint density at radius 1 is 1.14 bits per heavy atom. The Bertz CT molecular complexity index is 467. The number of benzene rings is 1. The van der Waals surface area contributed by atoms with Gasteiger partial charge in [-0.3, -0.25) is 0 Å². The molecule has 3 nitrogen and oxygen atoms in total. The Morgan fingerprint density at radius 2 is 1.67 bits per heavy atom. The second-order valence-electron chi connectivity index (χ2n) is 5.40. The van der Waals surface area contributed by atoms with E-state index in [1.165, 1.54) is 24.3 Å². The molecule has 21 heavy (non-hydrogen) atoms. The van der Waals surface area contributed by atoms with Crippen LogP contribution in [0.25, 0.3) is 0 Å². The van der Waals surface area contributed by atoms with Gasteiger partial charge in [-0.1, -0.05) is 12.1 Å². The fourth-order valence-electron chi connectivity index (χ4n) is 2.42. The van der Waals surface area contributed by atoms with Gasteiger partial charge in [-0.25, -0.2) is 4.39 Å². The number of hydrogen-bond acceptors (Lipinski definition) is 3. The van der Waals surface area contributed by atoms with Crippen LogP contribution < -0.4 is 0 Å². The van der Waals surface area contributed by atoms with Gasteiger partial charge in [0.1, 0.15) is 5.82 Å². The van der Waals surface area contributed by atoms with Crippen molar-refractivity contribution >= 4 is 0 Å². The molecule has 2 rings (SSSR count). The number of aliphatic hydroxyl groups excluding tert-OH is 1. The van der Waals surface area contributed by atoms with E-state index in [0.717, 1.165) is 0 Å². The van der Waals surface area contributed by atoms with Crippen LogP contribution in [0, 0.1) is 5.82 Å². The Morgan fingerprint density at radius 3 is 2.14 bits per heavy atom. The molecular formula is C14H17F4NO2. The fourth-order valence-corrected chi connectivity index (χ4v) is 2.42. The first-order valence-electron chi connectivity index (χ1n) is 6.66. The van der Waals surface area contributed by atoms with E-state index in [4.69, 9.17) is 0 Å². The van der Waals surface area contributed by atoms with Crippen LogP contribution in [0.5, 0.6) is 0 Å². The highest BCUT2D eigenvalue weighted by Gasteiger charge is 2.54. The van der Waals surface area contributed by atoms with Crippen molar-refractivity contribution < 1.29 is 27.8 Å². The molecule has 0 aromatic heterocycles. The minimum Gasteiger partial charge on any atom is -0.387 e. The van der Waals surface area contributed by atoms with Gasteiger partial charge in [0.2, 0.25) is 0 Å². The van der Waals surface area contributed by atoms with Gasteiger partial charge >= 0.3 is 6.18 Å². The third-order valence-corrected chi connectivity index (χ3v) is 3.90. The van der Waals surface area contributed by atoms with E-state index in [9.17, 15) is 27.8 Å². The second kappa shape index (κ2) is 5.90. The van der Waals surface area contributed by atoms with Gasteiger partial charge in [-0.2, -0.15) is 13.2 Å². The monoisotopic (exact) mass is 307 g/mol. The van der Waals surface area contributed by atoms with Crippen molar-refractivity contribution in [3.8, 4) is 0 Å². The summed E-state index contributed by atoms with van der Waals surface area (Å²) in [7, 11) is 0. The maximum Gasteiger partial charge on any atom is 0.417 e. The lowest BCUT2D eigenvalue weighted by Crippen LogP contribution is -2.53. The average molecular weight is 307 g/mol. The summed E-state index contributed by atoms with van der Waals surface area (Å²) in [5.41, 5.74) is -2.13. The van der Waals surface area contributed by atoms with Crippen LogP contribution in [0.1, 0.15) is 24.5 Å². The van der Waals surface area contributed by atoms with Crippen molar-refractivity contribution in [3.05, 3.63) is 35.6 Å². The highest BCUT2D eigenvalue weighted by atomic mass is 19.4. The van der Waals surface area contributed by atoms with Gasteiger partial charge in [-0.15, -0.1) is 0 Å². The summed E-state index contributed by atoms with van der Waals surface area (Å²) < 4.78 is 50.8. The number of likely N-dealkylation sites (tertiary alicyclic amines) is 1. The predicted octanol–water partition coefficient (Wildman–Crippen LogP) is 2.25. The Balaban J connectivity index is 1.90. The Hall–Kier alpha value is -1.18. The zero-order chi connectivity index (χ0) is 15.7. The molecule has 0 radical (unpaired) electrons. The molecule has 0 bridgehead atoms. The summed E-state index contributed by atoms with van der Waals surface area (Å²) in [6, 6.07) is 5.32. The minimum atomic E-state index is -4.63. The number of β-amino-alcohol motifs (C(OH)–C–C–N with tert-alkyl or cyclic N) is 1. The van der Waals surface area contributed by atoms with Crippen LogP contribution >= 0.6 is 0 Å². The van der Waals surface area contributed by atoms with Gasteiger partial charge < -0.3 is 15.1 Å². The van der Waals surface area contributed by atoms with E-state index in [1.807, 2.05) is 0 Å². The van der Waals surface area contributed by atoms with E-state index in [0.29, 0.717) is 5.56 Å². The van der Waals surface area contributed by atoms with E-state index in [1.54, 1.807) is 4.90 Å². The van der Waals surface area contributed by atoms with E-state index in [-0.39, 0.29) is 19.6 Å². The lowest BCUT2D eigenvalue weighted by molar-refractivity contribution is -0.273. The molecule has 0 spiro atoms. The molecule has 0 amide bonds. The Kier molecular flexibility index (Phi) is 4.55. The van der Waals surface area contributed by atoms with Gasteiger partial charge in [-0.05, 0) is 30.5 Å². The normalized spacial score (nSPS) is 21.2. The van der Waals surface area contributed by atoms with Crippen LogP contribution in [0.3, 0.4) is 0 Å². The van der Waals surface area contributed by atoms with E-state index in [2.05, 4.69) is 0 Å². The zero-order valence-electron chi connectivity index (χ0n) is 11.3. The molecule has 0 saturated carbocycles. The van der Waals surface area contributed by atoms with Crippen LogP contribution in [0.2, 0.25) is 0 Å². The number of aliphatic hydroxyl groups is 2. The van der Waals surface area contributed by atoms with Crippen molar-refractivity contribution in [2.75, 3.05) is 19.6 Å². The third kappa shape index (κ3) is 3.72. The second-order valence-corrected chi connectivity index (χ2v) is 5.40. The number of halogens is 4. The highest BCUT2D eigenvalue weighted by molar-refractivity contribution is 5.18. The maximum atomic E-state index is 12.8. The number of rotatable bonds is 3. The molecule has 7 heteroatoms. The standard InChI is InChI=1S/C14H17F4NO2/c15-11-3-1-10(2-4-11)12(20)9-19-7-5-13(21,6-8-19)14(16,17)18/h1-4,12,20-21H,5-9H2. The van der Waals surface area contributed by atoms with Crippen LogP contribution in [0.15, 0.2) is 24.3 Å². The highest BCUT2D eigenvalue weighted by Crippen LogP contribution is 2.38. The molecule has 1 unspecified atom stereocenters. The quantitative estimate of drug-likeness (QED) is 0.842. The lowest BCUT2D eigenvalue weighted by Gasteiger charge is -2.39. The summed E-state index contributed by atoms with van der Waals surface area (Å²) in [6.45, 7) is 0.252. The average Bonchev–Trinajstić information content (AvgIpc) is 2.41. The zero-order valence-corrected chi connectivity index (χ0v) is 11.3. The van der Waals surface area contributed by atoms with Crippen LogP contribution in [0.4, 0.5) is 17.6 Å². The first kappa shape index (κ1) is 16.2. The van der Waals surface area contributed by atoms with Crippen molar-refractivity contribution in [3.63, 3.8) is 0 Å².